The molecule has 0 aliphatic heterocycles. The molecule has 0 radical (unpaired) electrons. The quantitative estimate of drug-likeness (QED) is 0.598. The first-order chi connectivity index (χ1) is 9.88. The van der Waals surface area contributed by atoms with Gasteiger partial charge in [-0.15, -0.1) is 0 Å². The molecule has 0 bridgehead atoms. The third-order valence-corrected chi connectivity index (χ3v) is 3.13. The maximum absolute atomic E-state index is 11.8. The molecule has 0 heterocycles. The monoisotopic (exact) mass is 311 g/mol. The Morgan fingerprint density at radius 2 is 1.95 bits per heavy atom. The van der Waals surface area contributed by atoms with Crippen molar-refractivity contribution in [3.05, 3.63) is 28.8 Å². The van der Waals surface area contributed by atoms with Crippen LogP contribution < -0.4 is 10.6 Å². The van der Waals surface area contributed by atoms with Gasteiger partial charge in [0.15, 0.2) is 0 Å². The van der Waals surface area contributed by atoms with Crippen molar-refractivity contribution in [2.24, 2.45) is 0 Å². The zero-order chi connectivity index (χ0) is 15.8. The number of benzene rings is 1. The number of hydrogen-bond donors (Lipinski definition) is 2. The van der Waals surface area contributed by atoms with Crippen LogP contribution in [0.15, 0.2) is 18.2 Å². The number of nitrogens with one attached hydrogen (secondary N) is 2. The highest BCUT2D eigenvalue weighted by molar-refractivity contribution is 6.31. The average molecular weight is 312 g/mol. The van der Waals surface area contributed by atoms with Gasteiger partial charge in [-0.1, -0.05) is 17.7 Å². The molecule has 2 amide bonds. The zero-order valence-corrected chi connectivity index (χ0v) is 13.5. The molecular formula is C15H22ClN3O2. The van der Waals surface area contributed by atoms with Crippen molar-refractivity contribution in [1.29, 1.82) is 0 Å². The summed E-state index contributed by atoms with van der Waals surface area (Å²) in [5.41, 5.74) is 1.53. The standard InChI is InChI=1S/C15H22ClN3O2/c1-11-5-6-12(16)9-13(11)18-15(21)10-14(20)17-7-4-8-19(2)3/h5-6,9H,4,7-8,10H2,1-3H3,(H,17,20)(H,18,21). The van der Waals surface area contributed by atoms with Gasteiger partial charge >= 0.3 is 0 Å². The lowest BCUT2D eigenvalue weighted by molar-refractivity contribution is -0.126. The van der Waals surface area contributed by atoms with E-state index in [9.17, 15) is 9.59 Å². The van der Waals surface area contributed by atoms with Crippen LogP contribution >= 0.6 is 11.6 Å². The van der Waals surface area contributed by atoms with Gasteiger partial charge in [-0.3, -0.25) is 9.59 Å². The molecule has 0 aliphatic carbocycles. The number of halogens is 1. The minimum atomic E-state index is -0.342. The summed E-state index contributed by atoms with van der Waals surface area (Å²) >= 11 is 5.88. The van der Waals surface area contributed by atoms with Gasteiger partial charge in [-0.05, 0) is 51.7 Å². The molecule has 0 atom stereocenters. The molecule has 5 nitrogen and oxygen atoms in total. The van der Waals surface area contributed by atoms with Crippen molar-refractivity contribution in [2.45, 2.75) is 19.8 Å². The van der Waals surface area contributed by atoms with E-state index in [0.717, 1.165) is 18.5 Å². The summed E-state index contributed by atoms with van der Waals surface area (Å²) in [6.45, 7) is 3.34. The SMILES string of the molecule is Cc1ccc(Cl)cc1NC(=O)CC(=O)NCCCN(C)C. The fourth-order valence-corrected chi connectivity index (χ4v) is 1.93. The van der Waals surface area contributed by atoms with Crippen molar-refractivity contribution >= 4 is 29.1 Å². The van der Waals surface area contributed by atoms with Crippen LogP contribution in [0.25, 0.3) is 0 Å². The molecule has 1 rings (SSSR count). The summed E-state index contributed by atoms with van der Waals surface area (Å²) in [4.78, 5) is 25.5. The lowest BCUT2D eigenvalue weighted by atomic mass is 10.2. The van der Waals surface area contributed by atoms with E-state index in [4.69, 9.17) is 11.6 Å². The van der Waals surface area contributed by atoms with E-state index in [2.05, 4.69) is 10.6 Å². The lowest BCUT2D eigenvalue weighted by Gasteiger charge is -2.11. The van der Waals surface area contributed by atoms with E-state index >= 15 is 0 Å². The van der Waals surface area contributed by atoms with Gasteiger partial charge in [-0.2, -0.15) is 0 Å². The molecular weight excluding hydrogens is 290 g/mol. The number of carbonyl (C=O) groups excluding carboxylic acids is 2. The van der Waals surface area contributed by atoms with Gasteiger partial charge in [-0.25, -0.2) is 0 Å². The highest BCUT2D eigenvalue weighted by Crippen LogP contribution is 2.20. The van der Waals surface area contributed by atoms with Crippen molar-refractivity contribution in [1.82, 2.24) is 10.2 Å². The second-order valence-electron chi connectivity index (χ2n) is 5.19. The molecule has 0 aromatic heterocycles. The molecule has 0 spiro atoms. The predicted molar refractivity (Wildman–Crippen MR) is 85.6 cm³/mol. The normalized spacial score (nSPS) is 10.5. The molecule has 0 saturated heterocycles. The van der Waals surface area contributed by atoms with Gasteiger partial charge in [0.2, 0.25) is 11.8 Å². The largest absolute Gasteiger partial charge is 0.356 e. The third-order valence-electron chi connectivity index (χ3n) is 2.90. The van der Waals surface area contributed by atoms with Crippen LogP contribution in [-0.4, -0.2) is 43.9 Å². The van der Waals surface area contributed by atoms with Crippen molar-refractivity contribution in [3.8, 4) is 0 Å². The van der Waals surface area contributed by atoms with Crippen LogP contribution in [0.5, 0.6) is 0 Å². The van der Waals surface area contributed by atoms with Gasteiger partial charge in [0, 0.05) is 17.3 Å². The van der Waals surface area contributed by atoms with Crippen LogP contribution in [0.2, 0.25) is 5.02 Å². The highest BCUT2D eigenvalue weighted by Gasteiger charge is 2.10. The molecule has 116 valence electrons. The molecule has 0 fully saturated rings. The van der Waals surface area contributed by atoms with E-state index < -0.39 is 0 Å². The molecule has 6 heteroatoms. The van der Waals surface area contributed by atoms with Crippen LogP contribution in [0.3, 0.4) is 0 Å². The summed E-state index contributed by atoms with van der Waals surface area (Å²) in [6, 6.07) is 5.24. The maximum Gasteiger partial charge on any atom is 0.233 e. The van der Waals surface area contributed by atoms with Crippen molar-refractivity contribution in [2.75, 3.05) is 32.5 Å². The van der Waals surface area contributed by atoms with Crippen LogP contribution in [0.1, 0.15) is 18.4 Å². The van der Waals surface area contributed by atoms with Gasteiger partial charge < -0.3 is 15.5 Å². The van der Waals surface area contributed by atoms with Gasteiger partial charge in [0.25, 0.3) is 0 Å². The minimum Gasteiger partial charge on any atom is -0.356 e. The Morgan fingerprint density at radius 1 is 1.24 bits per heavy atom. The fraction of sp³-hybridized carbons (Fsp3) is 0.467. The third kappa shape index (κ3) is 7.11. The second kappa shape index (κ2) is 8.64. The molecule has 21 heavy (non-hydrogen) atoms. The number of hydrogen-bond acceptors (Lipinski definition) is 3. The molecule has 0 saturated carbocycles. The van der Waals surface area contributed by atoms with E-state index in [1.54, 1.807) is 12.1 Å². The van der Waals surface area contributed by atoms with Crippen LogP contribution in [-0.2, 0) is 9.59 Å². The highest BCUT2D eigenvalue weighted by atomic mass is 35.5. The molecule has 0 unspecified atom stereocenters. The molecule has 2 N–H and O–H groups in total. The number of aryl methyl sites for hydroxylation is 1. The Balaban J connectivity index is 2.36. The zero-order valence-electron chi connectivity index (χ0n) is 12.7. The predicted octanol–water partition coefficient (Wildman–Crippen LogP) is 2.04. The first-order valence-corrected chi connectivity index (χ1v) is 7.23. The van der Waals surface area contributed by atoms with E-state index in [1.165, 1.54) is 0 Å². The minimum absolute atomic E-state index is 0.187. The number of nitrogens with zero attached hydrogens (tertiary/aromatic N) is 1. The van der Waals surface area contributed by atoms with Gasteiger partial charge in [0.05, 0.1) is 0 Å². The Kier molecular flexibility index (Phi) is 7.19. The maximum atomic E-state index is 11.8. The first-order valence-electron chi connectivity index (χ1n) is 6.86. The number of amides is 2. The lowest BCUT2D eigenvalue weighted by Crippen LogP contribution is -2.30. The van der Waals surface area contributed by atoms with Crippen molar-refractivity contribution in [3.63, 3.8) is 0 Å². The molecule has 1 aromatic carbocycles. The van der Waals surface area contributed by atoms with Gasteiger partial charge in [0.1, 0.15) is 6.42 Å². The molecule has 1 aromatic rings. The Morgan fingerprint density at radius 3 is 2.62 bits per heavy atom. The fourth-order valence-electron chi connectivity index (χ4n) is 1.75. The van der Waals surface area contributed by atoms with E-state index in [0.29, 0.717) is 17.3 Å². The number of rotatable bonds is 7. The summed E-state index contributed by atoms with van der Waals surface area (Å²) < 4.78 is 0. The number of anilines is 1. The number of carbonyl (C=O) groups is 2. The summed E-state index contributed by atoms with van der Waals surface area (Å²) in [6.07, 6.45) is 0.668. The van der Waals surface area contributed by atoms with E-state index in [-0.39, 0.29) is 18.2 Å². The molecule has 0 aliphatic rings. The Hall–Kier alpha value is -1.59. The smallest absolute Gasteiger partial charge is 0.233 e. The summed E-state index contributed by atoms with van der Waals surface area (Å²) in [7, 11) is 3.95. The van der Waals surface area contributed by atoms with Crippen LogP contribution in [0.4, 0.5) is 5.69 Å². The topological polar surface area (TPSA) is 61.4 Å². The first kappa shape index (κ1) is 17.5. The average Bonchev–Trinajstić information content (AvgIpc) is 2.38. The van der Waals surface area contributed by atoms with Crippen molar-refractivity contribution < 1.29 is 9.59 Å². The van der Waals surface area contributed by atoms with Crippen LogP contribution in [0, 0.1) is 6.92 Å². The second-order valence-corrected chi connectivity index (χ2v) is 5.63. The van der Waals surface area contributed by atoms with E-state index in [1.807, 2.05) is 32.0 Å². The Labute approximate surface area is 130 Å². The summed E-state index contributed by atoms with van der Waals surface area (Å²) in [5.74, 6) is -0.614. The Bertz CT molecular complexity index is 504. The summed E-state index contributed by atoms with van der Waals surface area (Å²) in [5, 5.41) is 5.97.